The van der Waals surface area contributed by atoms with Crippen molar-refractivity contribution < 1.29 is 13.9 Å². The summed E-state index contributed by atoms with van der Waals surface area (Å²) < 4.78 is 21.1. The van der Waals surface area contributed by atoms with Gasteiger partial charge < -0.3 is 9.64 Å². The van der Waals surface area contributed by atoms with Gasteiger partial charge in [-0.3, -0.25) is 9.48 Å². The molecule has 0 bridgehead atoms. The van der Waals surface area contributed by atoms with Crippen LogP contribution in [0, 0.1) is 18.2 Å². The van der Waals surface area contributed by atoms with Crippen LogP contribution in [0.1, 0.15) is 35.0 Å². The second-order valence-corrected chi connectivity index (χ2v) is 7.36. The van der Waals surface area contributed by atoms with Crippen molar-refractivity contribution in [3.8, 4) is 0 Å². The number of halogens is 1. The number of amides is 1. The average Bonchev–Trinajstić information content (AvgIpc) is 3.04. The molecule has 7 heteroatoms. The smallest absolute Gasteiger partial charge is 0.280 e. The van der Waals surface area contributed by atoms with Gasteiger partial charge in [-0.2, -0.15) is 0 Å². The van der Waals surface area contributed by atoms with Gasteiger partial charge in [0.15, 0.2) is 5.69 Å². The number of aryl methyl sites for hydroxylation is 1. The Bertz CT molecular complexity index is 828. The fourth-order valence-electron chi connectivity index (χ4n) is 3.62. The highest BCUT2D eigenvalue weighted by Crippen LogP contribution is 2.33. The van der Waals surface area contributed by atoms with Gasteiger partial charge >= 0.3 is 0 Å². The minimum Gasteiger partial charge on any atom is -0.380 e. The normalized spacial score (nSPS) is 18.6. The first-order valence-electron chi connectivity index (χ1n) is 8.55. The predicted molar refractivity (Wildman–Crippen MR) is 90.1 cm³/mol. The summed E-state index contributed by atoms with van der Waals surface area (Å²) >= 11 is 0. The number of benzene rings is 1. The summed E-state index contributed by atoms with van der Waals surface area (Å²) in [6.07, 6.45) is 3.06. The van der Waals surface area contributed by atoms with E-state index in [-0.39, 0.29) is 17.1 Å². The van der Waals surface area contributed by atoms with E-state index in [0.717, 1.165) is 12.0 Å². The predicted octanol–water partition coefficient (Wildman–Crippen LogP) is 2.36. The number of hydrogen-bond acceptors (Lipinski definition) is 4. The lowest BCUT2D eigenvalue weighted by molar-refractivity contribution is -0.111. The highest BCUT2D eigenvalue weighted by atomic mass is 19.1. The molecule has 1 saturated heterocycles. The van der Waals surface area contributed by atoms with Gasteiger partial charge in [-0.15, -0.1) is 5.10 Å². The van der Waals surface area contributed by atoms with E-state index in [1.54, 1.807) is 21.8 Å². The second-order valence-electron chi connectivity index (χ2n) is 7.36. The molecular formula is C18H21FN4O2. The summed E-state index contributed by atoms with van der Waals surface area (Å²) in [5.41, 5.74) is 2.54. The molecule has 1 amide bonds. The molecule has 0 atom stereocenters. The zero-order valence-corrected chi connectivity index (χ0v) is 14.5. The molecule has 132 valence electrons. The maximum atomic E-state index is 14.1. The van der Waals surface area contributed by atoms with Gasteiger partial charge in [0.1, 0.15) is 5.82 Å². The van der Waals surface area contributed by atoms with Crippen LogP contribution < -0.4 is 4.90 Å². The molecule has 2 aliphatic heterocycles. The Labute approximate surface area is 145 Å². The number of aromatic nitrogens is 3. The molecule has 4 rings (SSSR count). The molecule has 0 saturated carbocycles. The summed E-state index contributed by atoms with van der Waals surface area (Å²) in [5, 5.41) is 8.13. The maximum absolute atomic E-state index is 14.1. The monoisotopic (exact) mass is 344 g/mol. The largest absolute Gasteiger partial charge is 0.380 e. The van der Waals surface area contributed by atoms with Gasteiger partial charge in [0.25, 0.3) is 5.91 Å². The van der Waals surface area contributed by atoms with Gasteiger partial charge in [0, 0.05) is 17.5 Å². The first-order chi connectivity index (χ1) is 12.0. The van der Waals surface area contributed by atoms with E-state index in [9.17, 15) is 9.18 Å². The molecule has 0 N–H and O–H groups in total. The number of ether oxygens (including phenoxy) is 1. The van der Waals surface area contributed by atoms with E-state index in [0.29, 0.717) is 49.7 Å². The van der Waals surface area contributed by atoms with E-state index in [1.165, 1.54) is 6.07 Å². The standard InChI is InChI=1S/C18H21FN4O2/c1-12-5-6-14(19)13-4-3-7-23(16(12)13)17(24)15-8-22(21-20-15)9-18(2)10-25-11-18/h5-6,8H,3-4,7,9-11H2,1-2H3. The van der Waals surface area contributed by atoms with Gasteiger partial charge in [0.2, 0.25) is 0 Å². The Kier molecular flexibility index (Phi) is 3.83. The van der Waals surface area contributed by atoms with Crippen LogP contribution in [-0.4, -0.2) is 40.7 Å². The van der Waals surface area contributed by atoms with E-state index < -0.39 is 0 Å². The second kappa shape index (κ2) is 5.91. The zero-order valence-electron chi connectivity index (χ0n) is 14.5. The summed E-state index contributed by atoms with van der Waals surface area (Å²) in [4.78, 5) is 14.6. The quantitative estimate of drug-likeness (QED) is 0.858. The number of nitrogens with zero attached hydrogens (tertiary/aromatic N) is 4. The molecule has 1 fully saturated rings. The van der Waals surface area contributed by atoms with Crippen LogP contribution in [0.4, 0.5) is 10.1 Å². The molecule has 2 aliphatic rings. The Hall–Kier alpha value is -2.28. The third-order valence-electron chi connectivity index (χ3n) is 4.95. The molecule has 0 unspecified atom stereocenters. The maximum Gasteiger partial charge on any atom is 0.280 e. The highest BCUT2D eigenvalue weighted by Gasteiger charge is 2.35. The first-order valence-corrected chi connectivity index (χ1v) is 8.55. The molecule has 0 spiro atoms. The van der Waals surface area contributed by atoms with Crippen LogP contribution >= 0.6 is 0 Å². The third-order valence-corrected chi connectivity index (χ3v) is 4.95. The summed E-state index contributed by atoms with van der Waals surface area (Å²) in [7, 11) is 0. The number of carbonyl (C=O) groups is 1. The lowest BCUT2D eigenvalue weighted by Crippen LogP contribution is -2.43. The minimum absolute atomic E-state index is 0.0471. The molecule has 1 aromatic heterocycles. The van der Waals surface area contributed by atoms with Crippen molar-refractivity contribution in [1.82, 2.24) is 15.0 Å². The van der Waals surface area contributed by atoms with Gasteiger partial charge in [-0.25, -0.2) is 4.39 Å². The number of fused-ring (bicyclic) bond motifs is 1. The fraction of sp³-hybridized carbons (Fsp3) is 0.500. The van der Waals surface area contributed by atoms with Gasteiger partial charge in [-0.05, 0) is 31.4 Å². The molecule has 2 aromatic rings. The first kappa shape index (κ1) is 16.2. The van der Waals surface area contributed by atoms with Crippen molar-refractivity contribution >= 4 is 11.6 Å². The van der Waals surface area contributed by atoms with Crippen LogP contribution in [-0.2, 0) is 17.7 Å². The number of hydrogen-bond donors (Lipinski definition) is 0. The average molecular weight is 344 g/mol. The summed E-state index contributed by atoms with van der Waals surface area (Å²) in [6.45, 7) is 6.62. The number of anilines is 1. The Balaban J connectivity index is 1.61. The van der Waals surface area contributed by atoms with E-state index in [1.807, 2.05) is 6.92 Å². The molecule has 1 aromatic carbocycles. The molecule has 3 heterocycles. The lowest BCUT2D eigenvalue weighted by atomic mass is 9.89. The fourth-order valence-corrected chi connectivity index (χ4v) is 3.62. The van der Waals surface area contributed by atoms with Crippen molar-refractivity contribution in [1.29, 1.82) is 0 Å². The van der Waals surface area contributed by atoms with Crippen LogP contribution in [0.15, 0.2) is 18.3 Å². The van der Waals surface area contributed by atoms with E-state index in [2.05, 4.69) is 17.2 Å². The zero-order chi connectivity index (χ0) is 17.6. The molecule has 0 aliphatic carbocycles. The van der Waals surface area contributed by atoms with Crippen LogP contribution in [0.5, 0.6) is 0 Å². The summed E-state index contributed by atoms with van der Waals surface area (Å²) in [6, 6.07) is 3.19. The third kappa shape index (κ3) is 2.82. The number of rotatable bonds is 3. The highest BCUT2D eigenvalue weighted by molar-refractivity contribution is 6.05. The molecule has 6 nitrogen and oxygen atoms in total. The SMILES string of the molecule is Cc1ccc(F)c2c1N(C(=O)c1cn(CC3(C)COC3)nn1)CCC2. The van der Waals surface area contributed by atoms with E-state index >= 15 is 0 Å². The number of carbonyl (C=O) groups excluding carboxylic acids is 1. The van der Waals surface area contributed by atoms with Crippen molar-refractivity contribution in [3.63, 3.8) is 0 Å². The van der Waals surface area contributed by atoms with Crippen molar-refractivity contribution in [3.05, 3.63) is 41.0 Å². The van der Waals surface area contributed by atoms with Crippen LogP contribution in [0.3, 0.4) is 0 Å². The Morgan fingerprint density at radius 3 is 2.92 bits per heavy atom. The minimum atomic E-state index is -0.250. The lowest BCUT2D eigenvalue weighted by Gasteiger charge is -2.37. The molecule has 0 radical (unpaired) electrons. The Morgan fingerprint density at radius 2 is 2.20 bits per heavy atom. The molecular weight excluding hydrogens is 323 g/mol. The van der Waals surface area contributed by atoms with Crippen LogP contribution in [0.25, 0.3) is 0 Å². The van der Waals surface area contributed by atoms with Gasteiger partial charge in [0.05, 0.1) is 31.6 Å². The summed E-state index contributed by atoms with van der Waals surface area (Å²) in [5.74, 6) is -0.476. The van der Waals surface area contributed by atoms with Crippen LogP contribution in [0.2, 0.25) is 0 Å². The molecule has 25 heavy (non-hydrogen) atoms. The van der Waals surface area contributed by atoms with Crippen molar-refractivity contribution in [2.75, 3.05) is 24.7 Å². The van der Waals surface area contributed by atoms with E-state index in [4.69, 9.17) is 4.74 Å². The van der Waals surface area contributed by atoms with Gasteiger partial charge in [-0.1, -0.05) is 18.2 Å². The topological polar surface area (TPSA) is 60.2 Å². The van der Waals surface area contributed by atoms with Crippen molar-refractivity contribution in [2.24, 2.45) is 5.41 Å². The van der Waals surface area contributed by atoms with Crippen molar-refractivity contribution in [2.45, 2.75) is 33.2 Å². The Morgan fingerprint density at radius 1 is 1.40 bits per heavy atom.